The summed E-state index contributed by atoms with van der Waals surface area (Å²) in [4.78, 5) is 12.4. The van der Waals surface area contributed by atoms with Crippen molar-refractivity contribution in [2.75, 3.05) is 0 Å². The molecule has 4 rings (SSSR count). The molecular weight excluding hydrogens is 899 g/mol. The molecule has 0 aromatic heterocycles. The smallest absolute Gasteiger partial charge is 0.460 e. The molecule has 4 aliphatic carbocycles. The minimum absolute atomic E-state index is 0.0752. The van der Waals surface area contributed by atoms with Crippen LogP contribution in [0.2, 0.25) is 0 Å². The molecule has 23 heteroatoms. The highest BCUT2D eigenvalue weighted by atomic mass is 19.4. The van der Waals surface area contributed by atoms with E-state index in [1.165, 1.54) is 0 Å². The molecule has 62 heavy (non-hydrogen) atoms. The standard InChI is InChI=1S/C39H47F21O2/c1-19(2)7-6-8-20(3)24-11-12-25-23-10-9-21-17-22(13-15-28(21,4)26(23)14-16-29(24,25)5)62-27(61)18-30(40,41)31(42,43)32(44,45)33(46,47)34(48,49)35(50,51)36(52,53)37(54,55)38(56,57)39(58,59)60/h9,19-20,22-26H,6-8,10-18H2,1-5H3. The molecule has 362 valence electrons. The predicted octanol–water partition coefficient (Wildman–Crippen LogP) is 14.6. The number of hydrogen-bond acceptors (Lipinski definition) is 2. The van der Waals surface area contributed by atoms with Crippen LogP contribution in [-0.4, -0.2) is 71.6 Å². The number of hydrogen-bond donors (Lipinski definition) is 0. The average Bonchev–Trinajstić information content (AvgIpc) is 3.47. The van der Waals surface area contributed by atoms with Gasteiger partial charge < -0.3 is 4.74 Å². The Labute approximate surface area is 343 Å². The molecule has 0 aromatic carbocycles. The fourth-order valence-corrected chi connectivity index (χ4v) is 10.9. The van der Waals surface area contributed by atoms with Gasteiger partial charge >= 0.3 is 65.4 Å². The van der Waals surface area contributed by atoms with E-state index in [1.807, 2.05) is 13.0 Å². The van der Waals surface area contributed by atoms with Gasteiger partial charge in [0.05, 0.1) is 0 Å². The minimum Gasteiger partial charge on any atom is -0.462 e. The number of ether oxygens (including phenoxy) is 1. The van der Waals surface area contributed by atoms with Crippen molar-refractivity contribution >= 4 is 5.97 Å². The third kappa shape index (κ3) is 7.66. The number of carbonyl (C=O) groups excluding carboxylic acids is 1. The van der Waals surface area contributed by atoms with E-state index >= 15 is 0 Å². The molecule has 3 saturated carbocycles. The molecule has 0 aliphatic heterocycles. The van der Waals surface area contributed by atoms with Crippen molar-refractivity contribution in [3.63, 3.8) is 0 Å². The summed E-state index contributed by atoms with van der Waals surface area (Å²) in [5, 5.41) is 0. The van der Waals surface area contributed by atoms with Crippen molar-refractivity contribution < 1.29 is 102 Å². The van der Waals surface area contributed by atoms with Crippen molar-refractivity contribution in [2.45, 2.75) is 177 Å². The van der Waals surface area contributed by atoms with Crippen molar-refractivity contribution in [1.29, 1.82) is 0 Å². The summed E-state index contributed by atoms with van der Waals surface area (Å²) in [7, 11) is 0. The summed E-state index contributed by atoms with van der Waals surface area (Å²) in [5.41, 5.74) is 0.242. The molecule has 0 heterocycles. The van der Waals surface area contributed by atoms with Crippen molar-refractivity contribution in [3.8, 4) is 0 Å². The highest BCUT2D eigenvalue weighted by molar-refractivity contribution is 5.71. The molecule has 0 spiro atoms. The van der Waals surface area contributed by atoms with E-state index in [-0.39, 0.29) is 36.5 Å². The predicted molar refractivity (Wildman–Crippen MR) is 178 cm³/mol. The lowest BCUT2D eigenvalue weighted by Gasteiger charge is -2.58. The molecule has 0 radical (unpaired) electrons. The van der Waals surface area contributed by atoms with Crippen LogP contribution in [0, 0.1) is 46.3 Å². The summed E-state index contributed by atoms with van der Waals surface area (Å²) < 4.78 is 294. The summed E-state index contributed by atoms with van der Waals surface area (Å²) in [5.74, 6) is -78.3. The van der Waals surface area contributed by atoms with Gasteiger partial charge in [-0.25, -0.2) is 0 Å². The van der Waals surface area contributed by atoms with Gasteiger partial charge in [-0.15, -0.1) is 0 Å². The molecule has 0 N–H and O–H groups in total. The Morgan fingerprint density at radius 2 is 1.11 bits per heavy atom. The van der Waals surface area contributed by atoms with Crippen molar-refractivity contribution in [1.82, 2.24) is 0 Å². The second kappa shape index (κ2) is 16.0. The van der Waals surface area contributed by atoms with Gasteiger partial charge in [0.15, 0.2) is 0 Å². The van der Waals surface area contributed by atoms with E-state index in [0.29, 0.717) is 35.7 Å². The van der Waals surface area contributed by atoms with Crippen LogP contribution in [0.25, 0.3) is 0 Å². The Bertz CT molecular complexity index is 1670. The first-order valence-corrected chi connectivity index (χ1v) is 19.9. The molecular formula is C39H47F21O2. The maximum Gasteiger partial charge on any atom is 0.460 e. The number of carbonyl (C=O) groups is 1. The van der Waals surface area contributed by atoms with Crippen LogP contribution >= 0.6 is 0 Å². The molecule has 3 fully saturated rings. The molecule has 4 aliphatic rings. The summed E-state index contributed by atoms with van der Waals surface area (Å²) >= 11 is 0. The molecule has 2 nitrogen and oxygen atoms in total. The largest absolute Gasteiger partial charge is 0.462 e. The second-order valence-corrected chi connectivity index (χ2v) is 18.6. The first-order chi connectivity index (χ1) is 27.6. The van der Waals surface area contributed by atoms with Gasteiger partial charge in [-0.3, -0.25) is 4.79 Å². The molecule has 0 aromatic rings. The number of rotatable bonds is 16. The fraction of sp³-hybridized carbons (Fsp3) is 0.923. The Morgan fingerprint density at radius 3 is 1.60 bits per heavy atom. The van der Waals surface area contributed by atoms with Gasteiger partial charge in [0, 0.05) is 6.42 Å². The zero-order chi connectivity index (χ0) is 48.1. The maximum absolute atomic E-state index is 14.7. The molecule has 0 bridgehead atoms. The Morgan fingerprint density at radius 1 is 0.629 bits per heavy atom. The lowest BCUT2D eigenvalue weighted by Crippen LogP contribution is -2.76. The van der Waals surface area contributed by atoms with Crippen LogP contribution in [0.4, 0.5) is 92.2 Å². The Balaban J connectivity index is 1.48. The van der Waals surface area contributed by atoms with Crippen LogP contribution in [0.5, 0.6) is 0 Å². The zero-order valence-electron chi connectivity index (χ0n) is 33.9. The van der Waals surface area contributed by atoms with Gasteiger partial charge in [-0.1, -0.05) is 65.5 Å². The third-order valence-electron chi connectivity index (χ3n) is 14.5. The van der Waals surface area contributed by atoms with Gasteiger partial charge in [-0.05, 0) is 91.3 Å². The Hall–Kier alpha value is -2.26. The SMILES string of the molecule is CC(C)CCCC(C)C1CCC2C3CC=C4CC(OC(=O)CC(F)(F)C(F)(F)C(F)(F)C(F)(F)C(F)(F)C(F)(F)C(F)(F)C(F)(F)C(F)(F)C(F)(F)F)CCC4(C)C3CCC12C. The van der Waals surface area contributed by atoms with E-state index < -0.39 is 83.4 Å². The normalized spacial score (nSPS) is 30.4. The summed E-state index contributed by atoms with van der Waals surface area (Å²) in [6, 6.07) is 0. The van der Waals surface area contributed by atoms with Crippen molar-refractivity contribution in [3.05, 3.63) is 11.6 Å². The number of esters is 1. The van der Waals surface area contributed by atoms with E-state index in [9.17, 15) is 97.0 Å². The number of halogens is 21. The van der Waals surface area contributed by atoms with Crippen LogP contribution in [0.3, 0.4) is 0 Å². The quantitative estimate of drug-likeness (QED) is 0.0875. The monoisotopic (exact) mass is 946 g/mol. The van der Waals surface area contributed by atoms with E-state index in [2.05, 4.69) is 27.7 Å². The number of fused-ring (bicyclic) bond motifs is 5. The van der Waals surface area contributed by atoms with Crippen LogP contribution < -0.4 is 0 Å². The van der Waals surface area contributed by atoms with Gasteiger partial charge in [0.1, 0.15) is 12.5 Å². The summed E-state index contributed by atoms with van der Waals surface area (Å²) in [6.07, 6.45) is -3.36. The highest BCUT2D eigenvalue weighted by Gasteiger charge is 2.98. The van der Waals surface area contributed by atoms with Gasteiger partial charge in [0.2, 0.25) is 0 Å². The third-order valence-corrected chi connectivity index (χ3v) is 14.5. The molecule has 0 amide bonds. The lowest BCUT2D eigenvalue weighted by molar-refractivity contribution is -0.474. The molecule has 8 atom stereocenters. The summed E-state index contributed by atoms with van der Waals surface area (Å²) in [6.45, 7) is 10.9. The fourth-order valence-electron chi connectivity index (χ4n) is 10.9. The number of alkyl halides is 21. The minimum atomic E-state index is -9.25. The molecule has 0 saturated heterocycles. The zero-order valence-corrected chi connectivity index (χ0v) is 33.9. The molecule has 8 unspecified atom stereocenters. The van der Waals surface area contributed by atoms with E-state index in [4.69, 9.17) is 4.74 Å². The maximum atomic E-state index is 14.7. The highest BCUT2D eigenvalue weighted by Crippen LogP contribution is 2.69. The van der Waals surface area contributed by atoms with E-state index in [0.717, 1.165) is 44.9 Å². The average molecular weight is 947 g/mol. The second-order valence-electron chi connectivity index (χ2n) is 18.6. The number of allylic oxidation sites excluding steroid dienone is 1. The Kier molecular flexibility index (Phi) is 13.5. The van der Waals surface area contributed by atoms with E-state index in [1.54, 1.807) is 0 Å². The van der Waals surface area contributed by atoms with Gasteiger partial charge in [-0.2, -0.15) is 92.2 Å². The first-order valence-electron chi connectivity index (χ1n) is 19.9. The van der Waals surface area contributed by atoms with Crippen LogP contribution in [0.1, 0.15) is 112 Å². The lowest BCUT2D eigenvalue weighted by atomic mass is 9.47. The van der Waals surface area contributed by atoms with Crippen LogP contribution in [-0.2, 0) is 9.53 Å². The van der Waals surface area contributed by atoms with Gasteiger partial charge in [0.25, 0.3) is 0 Å². The topological polar surface area (TPSA) is 26.3 Å². The first kappa shape index (κ1) is 52.4. The van der Waals surface area contributed by atoms with Crippen LogP contribution in [0.15, 0.2) is 11.6 Å². The van der Waals surface area contributed by atoms with Crippen molar-refractivity contribution in [2.24, 2.45) is 46.3 Å².